The van der Waals surface area contributed by atoms with E-state index in [1.165, 1.54) is 5.15 Å². The summed E-state index contributed by atoms with van der Waals surface area (Å²) in [5.74, 6) is 0. The fraction of sp³-hybridized carbons (Fsp3) is 0. The average Bonchev–Trinajstić information content (AvgIpc) is 0.918. The van der Waals surface area contributed by atoms with Gasteiger partial charge >= 0.3 is 26.2 Å². The minimum absolute atomic E-state index is 0. The molecule has 0 atom stereocenters. The first-order valence-electron chi connectivity index (χ1n) is 0.309. The predicted molar refractivity (Wildman–Crippen MR) is 3.30 cm³/mol. The summed E-state index contributed by atoms with van der Waals surface area (Å²) in [7, 11) is 0. The Balaban J connectivity index is 0. The van der Waals surface area contributed by atoms with Gasteiger partial charge < -0.3 is 0 Å². The van der Waals surface area contributed by atoms with E-state index in [-0.39, 0.29) is 26.2 Å². The van der Waals surface area contributed by atoms with Crippen molar-refractivity contribution in [2.75, 3.05) is 0 Å². The molecule has 0 aliphatic heterocycles. The molecular formula is F2OZr+4. The second kappa shape index (κ2) is 9.33. The van der Waals surface area contributed by atoms with E-state index < -0.39 is 0 Å². The molecule has 0 saturated carbocycles. The molecule has 0 aromatic heterocycles. The molecule has 0 saturated heterocycles. The maximum atomic E-state index is 9.12. The van der Waals surface area contributed by atoms with Crippen molar-refractivity contribution in [3.05, 3.63) is 0 Å². The van der Waals surface area contributed by atoms with Gasteiger partial charge in [-0.2, -0.15) is 0 Å². The third-order valence-corrected chi connectivity index (χ3v) is 0. The fourth-order valence-corrected chi connectivity index (χ4v) is 0. The quantitative estimate of drug-likeness (QED) is 0.489. The van der Waals surface area contributed by atoms with Crippen molar-refractivity contribution in [2.24, 2.45) is 0 Å². The van der Waals surface area contributed by atoms with Crippen molar-refractivity contribution < 1.29 is 40.4 Å². The monoisotopic (exact) mass is 144 g/mol. The minimum atomic E-state index is 0. The van der Waals surface area contributed by atoms with Crippen molar-refractivity contribution in [3.63, 3.8) is 0 Å². The fourth-order valence-electron chi connectivity index (χ4n) is 0. The van der Waals surface area contributed by atoms with Crippen molar-refractivity contribution in [3.8, 4) is 0 Å². The molecule has 0 rings (SSSR count). The molecular weight excluding hydrogens is 145 g/mol. The van der Waals surface area contributed by atoms with Gasteiger partial charge in [-0.05, 0) is 9.05 Å². The number of hydrogen-bond acceptors (Lipinski definition) is 1. The standard InChI is InChI=1S/F2O.Zr/c1-3-2;/q;+4. The SMILES string of the molecule is FOF.[Zr+4]. The Hall–Kier alpha value is 0.703. The first-order chi connectivity index (χ1) is 1.41. The van der Waals surface area contributed by atoms with E-state index in [0.717, 1.165) is 0 Å². The molecule has 0 spiro atoms. The number of halogens is 2. The maximum absolute atomic E-state index is 9.12. The van der Waals surface area contributed by atoms with Crippen LogP contribution in [0.1, 0.15) is 0 Å². The van der Waals surface area contributed by atoms with Gasteiger partial charge in [-0.15, -0.1) is 0 Å². The smallest absolute Gasteiger partial charge is 0.0104 e. The summed E-state index contributed by atoms with van der Waals surface area (Å²) in [5.41, 5.74) is 0. The van der Waals surface area contributed by atoms with E-state index in [2.05, 4.69) is 0 Å². The Kier molecular flexibility index (Phi) is 20.6. The molecule has 1 nitrogen and oxygen atoms in total. The maximum Gasteiger partial charge on any atom is 4.00 e. The average molecular weight is 145 g/mol. The summed E-state index contributed by atoms with van der Waals surface area (Å²) in [6, 6.07) is 0. The molecule has 4 heavy (non-hydrogen) atoms. The van der Waals surface area contributed by atoms with Crippen LogP contribution in [0.2, 0.25) is 0 Å². The molecule has 0 aliphatic carbocycles. The Morgan fingerprint density at radius 1 is 1.25 bits per heavy atom. The van der Waals surface area contributed by atoms with Gasteiger partial charge in [0.15, 0.2) is 0 Å². The van der Waals surface area contributed by atoms with Gasteiger partial charge in [-0.1, -0.05) is 0 Å². The van der Waals surface area contributed by atoms with E-state index in [0.29, 0.717) is 0 Å². The van der Waals surface area contributed by atoms with E-state index >= 15 is 0 Å². The Labute approximate surface area is 40.9 Å². The third-order valence-electron chi connectivity index (χ3n) is 0. The molecule has 0 aromatic rings. The van der Waals surface area contributed by atoms with Crippen LogP contribution < -0.4 is 0 Å². The Morgan fingerprint density at radius 2 is 1.25 bits per heavy atom. The van der Waals surface area contributed by atoms with Gasteiger partial charge in [0, 0.05) is 5.15 Å². The molecule has 20 valence electrons. The summed E-state index contributed by atoms with van der Waals surface area (Å²) in [5, 5.41) is 1.25. The molecule has 0 N–H and O–H groups in total. The number of hydrogen-bond donors (Lipinski definition) is 0. The second-order valence-corrected chi connectivity index (χ2v) is 0.0583. The molecule has 0 amide bonds. The van der Waals surface area contributed by atoms with Crippen LogP contribution in [0.5, 0.6) is 0 Å². The van der Waals surface area contributed by atoms with Crippen molar-refractivity contribution in [2.45, 2.75) is 0 Å². The first-order valence-corrected chi connectivity index (χ1v) is 0.309. The van der Waals surface area contributed by atoms with Crippen LogP contribution in [0.25, 0.3) is 0 Å². The minimum Gasteiger partial charge on any atom is -0.0104 e. The van der Waals surface area contributed by atoms with Crippen LogP contribution in [0, 0.1) is 0 Å². The van der Waals surface area contributed by atoms with Gasteiger partial charge in [0.25, 0.3) is 0 Å². The molecule has 0 bridgehead atoms. The summed E-state index contributed by atoms with van der Waals surface area (Å²) in [6.45, 7) is 0. The van der Waals surface area contributed by atoms with Crippen LogP contribution in [0.4, 0.5) is 9.05 Å². The topological polar surface area (TPSA) is 9.23 Å². The third kappa shape index (κ3) is 15.9. The normalized spacial score (nSPS) is 4.50. The molecule has 0 aromatic carbocycles. The van der Waals surface area contributed by atoms with Crippen molar-refractivity contribution >= 4 is 0 Å². The van der Waals surface area contributed by atoms with Gasteiger partial charge in [-0.3, -0.25) is 0 Å². The summed E-state index contributed by atoms with van der Waals surface area (Å²) >= 11 is 0. The molecule has 0 heterocycles. The summed E-state index contributed by atoms with van der Waals surface area (Å²) in [6.07, 6.45) is 0. The second-order valence-electron chi connectivity index (χ2n) is 0.0583. The zero-order valence-electron chi connectivity index (χ0n) is 1.66. The Morgan fingerprint density at radius 3 is 1.25 bits per heavy atom. The van der Waals surface area contributed by atoms with Crippen molar-refractivity contribution in [1.29, 1.82) is 0 Å². The first kappa shape index (κ1) is 8.83. The molecule has 0 fully saturated rings. The van der Waals surface area contributed by atoms with Crippen LogP contribution >= 0.6 is 0 Å². The zero-order chi connectivity index (χ0) is 2.71. The zero-order valence-corrected chi connectivity index (χ0v) is 4.12. The number of rotatable bonds is 0. The summed E-state index contributed by atoms with van der Waals surface area (Å²) in [4.78, 5) is 0. The van der Waals surface area contributed by atoms with Gasteiger partial charge in [0.1, 0.15) is 0 Å². The van der Waals surface area contributed by atoms with Crippen LogP contribution in [0.15, 0.2) is 0 Å². The van der Waals surface area contributed by atoms with Crippen LogP contribution in [0.3, 0.4) is 0 Å². The van der Waals surface area contributed by atoms with Crippen LogP contribution in [-0.2, 0) is 31.3 Å². The van der Waals surface area contributed by atoms with Crippen molar-refractivity contribution in [1.82, 2.24) is 0 Å². The van der Waals surface area contributed by atoms with Crippen LogP contribution in [-0.4, -0.2) is 0 Å². The van der Waals surface area contributed by atoms with E-state index in [1.54, 1.807) is 0 Å². The van der Waals surface area contributed by atoms with Gasteiger partial charge in [-0.25, -0.2) is 0 Å². The molecule has 4 heteroatoms. The Bertz CT molecular complexity index is 6.00. The summed E-state index contributed by atoms with van der Waals surface area (Å²) < 4.78 is 18.2. The van der Waals surface area contributed by atoms with Gasteiger partial charge in [0.05, 0.1) is 0 Å². The molecule has 0 aliphatic rings. The van der Waals surface area contributed by atoms with E-state index in [4.69, 9.17) is 9.05 Å². The van der Waals surface area contributed by atoms with Gasteiger partial charge in [0.2, 0.25) is 0 Å². The largest absolute Gasteiger partial charge is 4.00 e. The molecule has 0 unspecified atom stereocenters. The van der Waals surface area contributed by atoms with E-state index in [1.807, 2.05) is 0 Å². The predicted octanol–water partition coefficient (Wildman–Crippen LogP) is 0.770. The molecule has 0 radical (unpaired) electrons. The van der Waals surface area contributed by atoms with E-state index in [9.17, 15) is 0 Å².